The van der Waals surface area contributed by atoms with Gasteiger partial charge in [-0.05, 0) is 20.3 Å². The Balaban J connectivity index is 2.46. The molecule has 0 radical (unpaired) electrons. The van der Waals surface area contributed by atoms with Crippen LogP contribution in [0.25, 0.3) is 0 Å². The number of hydrogen-bond acceptors (Lipinski definition) is 3. The lowest BCUT2D eigenvalue weighted by Crippen LogP contribution is -2.53. The molecule has 0 bridgehead atoms. The van der Waals surface area contributed by atoms with Crippen molar-refractivity contribution in [2.24, 2.45) is 0 Å². The first-order valence-corrected chi connectivity index (χ1v) is 5.79. The minimum atomic E-state index is -4.69. The van der Waals surface area contributed by atoms with Gasteiger partial charge in [-0.2, -0.15) is 13.2 Å². The molecular weight excluding hydrogens is 233 g/mol. The molecule has 1 rings (SSSR count). The normalized spacial score (nSPS) is 19.4. The summed E-state index contributed by atoms with van der Waals surface area (Å²) in [4.78, 5) is 13.0. The quantitative estimate of drug-likeness (QED) is 0.824. The number of ketones is 1. The topological polar surface area (TPSA) is 32.3 Å². The third-order valence-electron chi connectivity index (χ3n) is 3.25. The highest BCUT2D eigenvalue weighted by Gasteiger charge is 2.39. The van der Waals surface area contributed by atoms with Crippen LogP contribution in [0.3, 0.4) is 0 Å². The molecule has 1 saturated heterocycles. The Bertz CT molecular complexity index is 270. The first-order chi connectivity index (χ1) is 7.73. The van der Waals surface area contributed by atoms with E-state index in [1.54, 1.807) is 0 Å². The van der Waals surface area contributed by atoms with Crippen LogP contribution >= 0.6 is 0 Å². The van der Waals surface area contributed by atoms with E-state index in [0.717, 1.165) is 26.2 Å². The first-order valence-electron chi connectivity index (χ1n) is 5.79. The molecule has 1 fully saturated rings. The second-order valence-corrected chi connectivity index (χ2v) is 4.97. The molecule has 0 unspecified atom stereocenters. The third-order valence-corrected chi connectivity index (χ3v) is 3.25. The van der Waals surface area contributed by atoms with Crippen LogP contribution in [-0.2, 0) is 4.79 Å². The highest BCUT2D eigenvalue weighted by atomic mass is 19.4. The summed E-state index contributed by atoms with van der Waals surface area (Å²) in [7, 11) is 0. The van der Waals surface area contributed by atoms with Crippen molar-refractivity contribution >= 4 is 5.78 Å². The number of Topliss-reactive ketones (excluding diaryl/α,β-unsaturated/α-hetero) is 1. The lowest BCUT2D eigenvalue weighted by Gasteiger charge is -2.41. The third kappa shape index (κ3) is 4.27. The molecule has 0 aromatic heterocycles. The fourth-order valence-corrected chi connectivity index (χ4v) is 1.99. The van der Waals surface area contributed by atoms with Crippen molar-refractivity contribution in [3.8, 4) is 0 Å². The smallest absolute Gasteiger partial charge is 0.314 e. The lowest BCUT2D eigenvalue weighted by atomic mass is 9.94. The van der Waals surface area contributed by atoms with E-state index in [1.165, 1.54) is 0 Å². The molecule has 0 aromatic rings. The van der Waals surface area contributed by atoms with E-state index in [1.807, 2.05) is 13.8 Å². The molecule has 0 amide bonds. The Kier molecular flexibility index (Phi) is 4.55. The molecule has 1 aliphatic heterocycles. The molecule has 0 aromatic carbocycles. The maximum atomic E-state index is 12.1. The van der Waals surface area contributed by atoms with E-state index >= 15 is 0 Å². The van der Waals surface area contributed by atoms with E-state index in [9.17, 15) is 18.0 Å². The molecule has 0 spiro atoms. The Hall–Kier alpha value is -0.620. The van der Waals surface area contributed by atoms with Crippen LogP contribution < -0.4 is 5.32 Å². The van der Waals surface area contributed by atoms with Gasteiger partial charge in [0.05, 0.1) is 0 Å². The van der Waals surface area contributed by atoms with Crippen LogP contribution in [0.2, 0.25) is 0 Å². The number of carbonyl (C=O) groups is 1. The van der Waals surface area contributed by atoms with Gasteiger partial charge in [-0.3, -0.25) is 9.69 Å². The monoisotopic (exact) mass is 252 g/mol. The second kappa shape index (κ2) is 5.35. The van der Waals surface area contributed by atoms with Gasteiger partial charge in [0.1, 0.15) is 0 Å². The highest BCUT2D eigenvalue weighted by Crippen LogP contribution is 2.25. The summed E-state index contributed by atoms with van der Waals surface area (Å²) in [6.07, 6.45) is -4.88. The van der Waals surface area contributed by atoms with Gasteiger partial charge in [0.15, 0.2) is 0 Å². The maximum Gasteiger partial charge on any atom is 0.449 e. The van der Waals surface area contributed by atoms with Crippen LogP contribution in [0.15, 0.2) is 0 Å². The summed E-state index contributed by atoms with van der Waals surface area (Å²) in [5.74, 6) is -1.62. The zero-order chi connectivity index (χ0) is 13.1. The van der Waals surface area contributed by atoms with Gasteiger partial charge in [0, 0.05) is 38.1 Å². The van der Waals surface area contributed by atoms with Crippen LogP contribution in [0.5, 0.6) is 0 Å². The minimum absolute atomic E-state index is 0.241. The van der Waals surface area contributed by atoms with E-state index in [-0.39, 0.29) is 12.0 Å². The predicted octanol–water partition coefficient (Wildman–Crippen LogP) is 1.58. The molecule has 17 heavy (non-hydrogen) atoms. The number of carbonyl (C=O) groups excluding carboxylic acids is 1. The SMILES string of the molecule is CC(C)(CCC(=O)C(F)(F)F)N1CCNCC1. The predicted molar refractivity (Wildman–Crippen MR) is 58.8 cm³/mol. The molecule has 0 saturated carbocycles. The summed E-state index contributed by atoms with van der Waals surface area (Å²) in [5, 5.41) is 3.19. The highest BCUT2D eigenvalue weighted by molar-refractivity contribution is 5.83. The number of hydrogen-bond donors (Lipinski definition) is 1. The fourth-order valence-electron chi connectivity index (χ4n) is 1.99. The van der Waals surface area contributed by atoms with Gasteiger partial charge >= 0.3 is 6.18 Å². The first kappa shape index (κ1) is 14.4. The molecule has 100 valence electrons. The minimum Gasteiger partial charge on any atom is -0.314 e. The molecule has 6 heteroatoms. The van der Waals surface area contributed by atoms with E-state index in [0.29, 0.717) is 0 Å². The maximum absolute atomic E-state index is 12.1. The molecule has 1 aliphatic rings. The summed E-state index contributed by atoms with van der Waals surface area (Å²) in [6, 6.07) is 0. The Morgan fingerprint density at radius 1 is 1.24 bits per heavy atom. The standard InChI is InChI=1S/C11H19F3N2O/c1-10(2,16-7-5-15-6-8-16)4-3-9(17)11(12,13)14/h15H,3-8H2,1-2H3. The largest absolute Gasteiger partial charge is 0.449 e. The Morgan fingerprint density at radius 2 is 1.76 bits per heavy atom. The second-order valence-electron chi connectivity index (χ2n) is 4.97. The van der Waals surface area contributed by atoms with Gasteiger partial charge in [-0.1, -0.05) is 0 Å². The van der Waals surface area contributed by atoms with Crippen molar-refractivity contribution in [3.05, 3.63) is 0 Å². The van der Waals surface area contributed by atoms with E-state index < -0.39 is 18.4 Å². The zero-order valence-electron chi connectivity index (χ0n) is 10.2. The Morgan fingerprint density at radius 3 is 2.24 bits per heavy atom. The van der Waals surface area contributed by atoms with Crippen molar-refractivity contribution in [3.63, 3.8) is 0 Å². The zero-order valence-corrected chi connectivity index (χ0v) is 10.2. The van der Waals surface area contributed by atoms with Crippen LogP contribution in [0.4, 0.5) is 13.2 Å². The number of nitrogens with zero attached hydrogens (tertiary/aromatic N) is 1. The van der Waals surface area contributed by atoms with Crippen molar-refractivity contribution < 1.29 is 18.0 Å². The number of halogens is 3. The molecule has 1 heterocycles. The summed E-state index contributed by atoms with van der Waals surface area (Å²) < 4.78 is 36.3. The van der Waals surface area contributed by atoms with E-state index in [4.69, 9.17) is 0 Å². The number of alkyl halides is 3. The summed E-state index contributed by atoms with van der Waals surface area (Å²) >= 11 is 0. The Labute approximate surface area is 99.4 Å². The van der Waals surface area contributed by atoms with Gasteiger partial charge in [0.25, 0.3) is 0 Å². The van der Waals surface area contributed by atoms with Crippen LogP contribution in [0, 0.1) is 0 Å². The number of rotatable bonds is 4. The van der Waals surface area contributed by atoms with Crippen molar-refractivity contribution in [1.82, 2.24) is 10.2 Å². The molecule has 3 nitrogen and oxygen atoms in total. The molecule has 0 atom stereocenters. The van der Waals surface area contributed by atoms with Crippen molar-refractivity contribution in [2.75, 3.05) is 26.2 Å². The van der Waals surface area contributed by atoms with Crippen molar-refractivity contribution in [1.29, 1.82) is 0 Å². The number of nitrogens with one attached hydrogen (secondary N) is 1. The lowest BCUT2D eigenvalue weighted by molar-refractivity contribution is -0.171. The fraction of sp³-hybridized carbons (Fsp3) is 0.909. The van der Waals surface area contributed by atoms with Gasteiger partial charge < -0.3 is 5.32 Å². The molecule has 0 aliphatic carbocycles. The molecule has 1 N–H and O–H groups in total. The van der Waals surface area contributed by atoms with Crippen molar-refractivity contribution in [2.45, 2.75) is 38.4 Å². The summed E-state index contributed by atoms with van der Waals surface area (Å²) in [5.41, 5.74) is -0.358. The van der Waals surface area contributed by atoms with Gasteiger partial charge in [-0.25, -0.2) is 0 Å². The van der Waals surface area contributed by atoms with Crippen LogP contribution in [-0.4, -0.2) is 48.6 Å². The van der Waals surface area contributed by atoms with Gasteiger partial charge in [0.2, 0.25) is 5.78 Å². The molecular formula is C11H19F3N2O. The number of piperazine rings is 1. The van der Waals surface area contributed by atoms with E-state index in [2.05, 4.69) is 10.2 Å². The average Bonchev–Trinajstić information content (AvgIpc) is 2.26. The average molecular weight is 252 g/mol. The summed E-state index contributed by atoms with van der Waals surface area (Å²) in [6.45, 7) is 7.09. The van der Waals surface area contributed by atoms with Crippen LogP contribution in [0.1, 0.15) is 26.7 Å². The van der Waals surface area contributed by atoms with Gasteiger partial charge in [-0.15, -0.1) is 0 Å².